The highest BCUT2D eigenvalue weighted by atomic mass is 19.4. The molecule has 1 aliphatic rings. The minimum absolute atomic E-state index is 0.0286. The second kappa shape index (κ2) is 4.53. The van der Waals surface area contributed by atoms with E-state index in [0.717, 1.165) is 19.5 Å². The highest BCUT2D eigenvalue weighted by molar-refractivity contribution is 4.89. The summed E-state index contributed by atoms with van der Waals surface area (Å²) in [7, 11) is 1.56. The number of hydrogen-bond donors (Lipinski definition) is 0. The molecule has 1 fully saturated rings. The topological polar surface area (TPSA) is 6.48 Å². The Morgan fingerprint density at radius 1 is 1.25 bits per heavy atom. The molecule has 0 spiro atoms. The molecule has 0 aliphatic carbocycles. The fraction of sp³-hybridized carbons (Fsp3) is 1.00. The summed E-state index contributed by atoms with van der Waals surface area (Å²) in [6.07, 6.45) is -3.27. The normalized spacial score (nSPS) is 24.4. The van der Waals surface area contributed by atoms with Crippen LogP contribution >= 0.6 is 0 Å². The lowest BCUT2D eigenvalue weighted by molar-refractivity contribution is -0.147. The van der Waals surface area contributed by atoms with E-state index in [1.54, 1.807) is 7.05 Å². The standard InChI is InChI=1S/C11H21F3N2/c1-10(2,3)16-6-5-9(7-16)15(4)8-11(12,13)14/h9H,5-8H2,1-4H3/t9-/m1/s1. The zero-order valence-electron chi connectivity index (χ0n) is 10.4. The van der Waals surface area contributed by atoms with Gasteiger partial charge in [0.1, 0.15) is 0 Å². The van der Waals surface area contributed by atoms with Crippen molar-refractivity contribution in [2.75, 3.05) is 26.7 Å². The van der Waals surface area contributed by atoms with Crippen molar-refractivity contribution in [1.29, 1.82) is 0 Å². The van der Waals surface area contributed by atoms with E-state index in [1.807, 2.05) is 0 Å². The first-order valence-corrected chi connectivity index (χ1v) is 5.61. The Kier molecular flexibility index (Phi) is 3.90. The third-order valence-corrected chi connectivity index (χ3v) is 3.16. The summed E-state index contributed by atoms with van der Waals surface area (Å²) in [6.45, 7) is 7.10. The summed E-state index contributed by atoms with van der Waals surface area (Å²) >= 11 is 0. The number of hydrogen-bond acceptors (Lipinski definition) is 2. The summed E-state index contributed by atoms with van der Waals surface area (Å²) in [5, 5.41) is 0. The third kappa shape index (κ3) is 3.94. The minimum atomic E-state index is -4.09. The molecule has 0 aromatic rings. The Labute approximate surface area is 95.4 Å². The Hall–Kier alpha value is -0.290. The maximum atomic E-state index is 12.2. The van der Waals surface area contributed by atoms with Crippen molar-refractivity contribution in [1.82, 2.24) is 9.80 Å². The predicted molar refractivity (Wildman–Crippen MR) is 58.4 cm³/mol. The van der Waals surface area contributed by atoms with Crippen LogP contribution in [0.25, 0.3) is 0 Å². The van der Waals surface area contributed by atoms with Crippen LogP contribution in [0.4, 0.5) is 13.2 Å². The fourth-order valence-corrected chi connectivity index (χ4v) is 2.12. The molecule has 0 aromatic heterocycles. The van der Waals surface area contributed by atoms with Crippen LogP contribution in [0, 0.1) is 0 Å². The lowest BCUT2D eigenvalue weighted by Crippen LogP contribution is -2.44. The number of likely N-dealkylation sites (N-methyl/N-ethyl adjacent to an activating group) is 1. The summed E-state index contributed by atoms with van der Waals surface area (Å²) in [5.41, 5.74) is 0.0494. The fourth-order valence-electron chi connectivity index (χ4n) is 2.12. The number of alkyl halides is 3. The summed E-state index contributed by atoms with van der Waals surface area (Å²) < 4.78 is 36.7. The van der Waals surface area contributed by atoms with Gasteiger partial charge in [0.05, 0.1) is 6.54 Å². The Bertz CT molecular complexity index is 232. The molecular formula is C11H21F3N2. The van der Waals surface area contributed by atoms with Crippen LogP contribution < -0.4 is 0 Å². The number of halogens is 3. The summed E-state index contributed by atoms with van der Waals surface area (Å²) in [4.78, 5) is 3.66. The van der Waals surface area contributed by atoms with Crippen LogP contribution in [0.5, 0.6) is 0 Å². The highest BCUT2D eigenvalue weighted by Gasteiger charge is 2.36. The molecule has 0 aromatic carbocycles. The molecule has 0 amide bonds. The van der Waals surface area contributed by atoms with Gasteiger partial charge >= 0.3 is 6.18 Å². The van der Waals surface area contributed by atoms with Crippen molar-refractivity contribution in [2.24, 2.45) is 0 Å². The van der Waals surface area contributed by atoms with Crippen LogP contribution in [-0.4, -0.2) is 54.2 Å². The van der Waals surface area contributed by atoms with Gasteiger partial charge in [-0.25, -0.2) is 0 Å². The minimum Gasteiger partial charge on any atom is -0.297 e. The molecule has 0 saturated carbocycles. The molecule has 1 atom stereocenters. The maximum Gasteiger partial charge on any atom is 0.401 e. The van der Waals surface area contributed by atoms with Gasteiger partial charge in [0.25, 0.3) is 0 Å². The van der Waals surface area contributed by atoms with Gasteiger partial charge in [0.2, 0.25) is 0 Å². The molecule has 2 nitrogen and oxygen atoms in total. The Morgan fingerprint density at radius 3 is 2.19 bits per heavy atom. The Balaban J connectivity index is 2.47. The maximum absolute atomic E-state index is 12.2. The molecule has 0 bridgehead atoms. The monoisotopic (exact) mass is 238 g/mol. The van der Waals surface area contributed by atoms with Crippen LogP contribution in [-0.2, 0) is 0 Å². The zero-order chi connectivity index (χ0) is 12.6. The molecular weight excluding hydrogens is 217 g/mol. The van der Waals surface area contributed by atoms with E-state index in [0.29, 0.717) is 0 Å². The van der Waals surface area contributed by atoms with E-state index in [4.69, 9.17) is 0 Å². The average molecular weight is 238 g/mol. The van der Waals surface area contributed by atoms with E-state index >= 15 is 0 Å². The molecule has 1 aliphatic heterocycles. The molecule has 0 unspecified atom stereocenters. The molecule has 0 radical (unpaired) electrons. The van der Waals surface area contributed by atoms with E-state index in [1.165, 1.54) is 4.90 Å². The lowest BCUT2D eigenvalue weighted by Gasteiger charge is -2.33. The SMILES string of the molecule is CN(CC(F)(F)F)[C@@H]1CCN(C(C)(C)C)C1. The second-order valence-electron chi connectivity index (χ2n) is 5.59. The molecule has 1 saturated heterocycles. The quantitative estimate of drug-likeness (QED) is 0.728. The summed E-state index contributed by atoms with van der Waals surface area (Å²) in [5.74, 6) is 0. The predicted octanol–water partition coefficient (Wildman–Crippen LogP) is 2.35. The molecule has 5 heteroatoms. The first kappa shape index (κ1) is 13.8. The van der Waals surface area contributed by atoms with Crippen molar-refractivity contribution in [3.8, 4) is 0 Å². The van der Waals surface area contributed by atoms with Gasteiger partial charge < -0.3 is 0 Å². The van der Waals surface area contributed by atoms with Gasteiger partial charge in [-0.15, -0.1) is 0 Å². The molecule has 1 rings (SSSR count). The van der Waals surface area contributed by atoms with E-state index in [9.17, 15) is 13.2 Å². The van der Waals surface area contributed by atoms with Crippen molar-refractivity contribution in [3.05, 3.63) is 0 Å². The van der Waals surface area contributed by atoms with Gasteiger partial charge in [-0.3, -0.25) is 9.80 Å². The van der Waals surface area contributed by atoms with Crippen LogP contribution in [0.2, 0.25) is 0 Å². The third-order valence-electron chi connectivity index (χ3n) is 3.16. The molecule has 16 heavy (non-hydrogen) atoms. The smallest absolute Gasteiger partial charge is 0.297 e. The van der Waals surface area contributed by atoms with E-state index in [2.05, 4.69) is 25.7 Å². The molecule has 96 valence electrons. The first-order chi connectivity index (χ1) is 7.09. The number of rotatable bonds is 2. The highest BCUT2D eigenvalue weighted by Crippen LogP contribution is 2.25. The van der Waals surface area contributed by atoms with Gasteiger partial charge in [-0.2, -0.15) is 13.2 Å². The van der Waals surface area contributed by atoms with Gasteiger partial charge in [-0.05, 0) is 34.2 Å². The molecule has 0 N–H and O–H groups in total. The largest absolute Gasteiger partial charge is 0.401 e. The Morgan fingerprint density at radius 2 is 1.81 bits per heavy atom. The van der Waals surface area contributed by atoms with E-state index < -0.39 is 12.7 Å². The number of likely N-dealkylation sites (tertiary alicyclic amines) is 1. The van der Waals surface area contributed by atoms with Gasteiger partial charge in [0, 0.05) is 24.7 Å². The van der Waals surface area contributed by atoms with Crippen molar-refractivity contribution >= 4 is 0 Å². The summed E-state index contributed by atoms with van der Waals surface area (Å²) in [6, 6.07) is 0.0286. The average Bonchev–Trinajstić information content (AvgIpc) is 2.46. The van der Waals surface area contributed by atoms with Crippen molar-refractivity contribution < 1.29 is 13.2 Å². The van der Waals surface area contributed by atoms with Crippen LogP contribution in [0.3, 0.4) is 0 Å². The van der Waals surface area contributed by atoms with E-state index in [-0.39, 0.29) is 11.6 Å². The van der Waals surface area contributed by atoms with Gasteiger partial charge in [0.15, 0.2) is 0 Å². The van der Waals surface area contributed by atoms with Crippen molar-refractivity contribution in [2.45, 2.75) is 44.9 Å². The first-order valence-electron chi connectivity index (χ1n) is 5.61. The van der Waals surface area contributed by atoms with Gasteiger partial charge in [-0.1, -0.05) is 0 Å². The molecule has 1 heterocycles. The number of nitrogens with zero attached hydrogens (tertiary/aromatic N) is 2. The zero-order valence-corrected chi connectivity index (χ0v) is 10.4. The van der Waals surface area contributed by atoms with Crippen LogP contribution in [0.1, 0.15) is 27.2 Å². The van der Waals surface area contributed by atoms with Crippen molar-refractivity contribution in [3.63, 3.8) is 0 Å². The lowest BCUT2D eigenvalue weighted by atomic mass is 10.1. The van der Waals surface area contributed by atoms with Crippen LogP contribution in [0.15, 0.2) is 0 Å². The second-order valence-corrected chi connectivity index (χ2v) is 5.59.